The zero-order valence-corrected chi connectivity index (χ0v) is 15.2. The molecule has 0 saturated carbocycles. The van der Waals surface area contributed by atoms with Gasteiger partial charge in [-0.3, -0.25) is 14.4 Å². The predicted octanol–water partition coefficient (Wildman–Crippen LogP) is 1.70. The van der Waals surface area contributed by atoms with E-state index in [9.17, 15) is 14.4 Å². The first-order valence-corrected chi connectivity index (χ1v) is 8.89. The van der Waals surface area contributed by atoms with Crippen molar-refractivity contribution in [3.63, 3.8) is 0 Å². The van der Waals surface area contributed by atoms with Gasteiger partial charge in [-0.25, -0.2) is 0 Å². The summed E-state index contributed by atoms with van der Waals surface area (Å²) in [6, 6.07) is 7.36. The second kappa shape index (κ2) is 8.65. The third kappa shape index (κ3) is 5.05. The number of benzene rings is 1. The highest BCUT2D eigenvalue weighted by atomic mass is 16.2. The highest BCUT2D eigenvalue weighted by molar-refractivity contribution is 5.94. The monoisotopic (exact) mass is 345 g/mol. The zero-order chi connectivity index (χ0) is 18.4. The molecule has 0 aliphatic carbocycles. The van der Waals surface area contributed by atoms with E-state index in [4.69, 9.17) is 0 Å². The molecule has 0 radical (unpaired) electrons. The van der Waals surface area contributed by atoms with E-state index in [0.29, 0.717) is 25.2 Å². The van der Waals surface area contributed by atoms with Gasteiger partial charge in [0.1, 0.15) is 0 Å². The molecule has 6 nitrogen and oxygen atoms in total. The first kappa shape index (κ1) is 19.0. The molecule has 1 aliphatic rings. The molecule has 1 heterocycles. The van der Waals surface area contributed by atoms with Crippen LogP contribution in [0.1, 0.15) is 49.5 Å². The summed E-state index contributed by atoms with van der Waals surface area (Å²) in [5.74, 6) is -0.475. The first-order valence-electron chi connectivity index (χ1n) is 8.89. The molecule has 136 valence electrons. The molecular formula is C19H27N3O3. The van der Waals surface area contributed by atoms with Crippen molar-refractivity contribution in [2.24, 2.45) is 5.92 Å². The summed E-state index contributed by atoms with van der Waals surface area (Å²) in [6.07, 6.45) is 1.15. The smallest absolute Gasteiger partial charge is 0.251 e. The molecule has 2 rings (SSSR count). The number of hydrogen-bond donors (Lipinski definition) is 2. The topological polar surface area (TPSA) is 78.5 Å². The van der Waals surface area contributed by atoms with Crippen molar-refractivity contribution in [3.8, 4) is 0 Å². The van der Waals surface area contributed by atoms with Crippen molar-refractivity contribution >= 4 is 17.7 Å². The third-order valence-corrected chi connectivity index (χ3v) is 4.61. The number of carbonyl (C=O) groups excluding carboxylic acids is 3. The lowest BCUT2D eigenvalue weighted by Crippen LogP contribution is -2.33. The Balaban J connectivity index is 1.91. The Hall–Kier alpha value is -2.37. The maximum atomic E-state index is 12.3. The molecule has 2 atom stereocenters. The van der Waals surface area contributed by atoms with Gasteiger partial charge in [0.05, 0.1) is 5.92 Å². The van der Waals surface area contributed by atoms with Crippen LogP contribution >= 0.6 is 0 Å². The van der Waals surface area contributed by atoms with Gasteiger partial charge >= 0.3 is 0 Å². The minimum Gasteiger partial charge on any atom is -0.352 e. The van der Waals surface area contributed by atoms with Crippen LogP contribution in [0.2, 0.25) is 0 Å². The number of rotatable bonds is 7. The van der Waals surface area contributed by atoms with E-state index >= 15 is 0 Å². The molecule has 3 amide bonds. The van der Waals surface area contributed by atoms with Gasteiger partial charge in [-0.1, -0.05) is 19.1 Å². The normalized spacial score (nSPS) is 18.1. The quantitative estimate of drug-likeness (QED) is 0.789. The van der Waals surface area contributed by atoms with Gasteiger partial charge in [0.15, 0.2) is 0 Å². The van der Waals surface area contributed by atoms with Crippen molar-refractivity contribution in [2.75, 3.05) is 13.1 Å². The van der Waals surface area contributed by atoms with Gasteiger partial charge in [0.2, 0.25) is 11.8 Å². The molecule has 1 aliphatic heterocycles. The van der Waals surface area contributed by atoms with Crippen LogP contribution in [0.5, 0.6) is 0 Å². The van der Waals surface area contributed by atoms with Crippen molar-refractivity contribution < 1.29 is 14.4 Å². The highest BCUT2D eigenvalue weighted by Gasteiger charge is 2.33. The Morgan fingerprint density at radius 1 is 1.32 bits per heavy atom. The number of hydrogen-bond acceptors (Lipinski definition) is 3. The van der Waals surface area contributed by atoms with Crippen molar-refractivity contribution in [1.29, 1.82) is 0 Å². The zero-order valence-electron chi connectivity index (χ0n) is 15.2. The molecule has 0 aromatic heterocycles. The molecular weight excluding hydrogens is 318 g/mol. The number of likely N-dealkylation sites (tertiary alicyclic amines) is 1. The summed E-state index contributed by atoms with van der Waals surface area (Å²) >= 11 is 0. The average molecular weight is 345 g/mol. The number of amides is 3. The summed E-state index contributed by atoms with van der Waals surface area (Å²) in [4.78, 5) is 37.9. The summed E-state index contributed by atoms with van der Waals surface area (Å²) in [5, 5.41) is 5.80. The van der Waals surface area contributed by atoms with Crippen LogP contribution in [0, 0.1) is 5.92 Å². The number of carbonyl (C=O) groups is 3. The van der Waals surface area contributed by atoms with Crippen LogP contribution < -0.4 is 10.6 Å². The molecule has 1 saturated heterocycles. The summed E-state index contributed by atoms with van der Waals surface area (Å²) < 4.78 is 0. The molecule has 0 unspecified atom stereocenters. The van der Waals surface area contributed by atoms with E-state index in [1.165, 1.54) is 0 Å². The molecule has 25 heavy (non-hydrogen) atoms. The lowest BCUT2D eigenvalue weighted by atomic mass is 10.1. The van der Waals surface area contributed by atoms with Gasteiger partial charge in [0, 0.05) is 37.7 Å². The Bertz CT molecular complexity index is 645. The molecule has 1 aromatic rings. The summed E-state index contributed by atoms with van der Waals surface area (Å²) in [6.45, 7) is 7.36. The van der Waals surface area contributed by atoms with Gasteiger partial charge in [-0.15, -0.1) is 0 Å². The Morgan fingerprint density at radius 2 is 2.08 bits per heavy atom. The van der Waals surface area contributed by atoms with Crippen molar-refractivity contribution in [2.45, 2.75) is 46.2 Å². The van der Waals surface area contributed by atoms with E-state index in [2.05, 4.69) is 10.6 Å². The fourth-order valence-corrected chi connectivity index (χ4v) is 2.82. The van der Waals surface area contributed by atoms with E-state index in [0.717, 1.165) is 12.0 Å². The number of nitrogens with zero attached hydrogens (tertiary/aromatic N) is 1. The third-order valence-electron chi connectivity index (χ3n) is 4.61. The van der Waals surface area contributed by atoms with Gasteiger partial charge < -0.3 is 15.5 Å². The van der Waals surface area contributed by atoms with E-state index in [1.54, 1.807) is 17.0 Å². The van der Waals surface area contributed by atoms with Gasteiger partial charge in [-0.05, 0) is 38.0 Å². The van der Waals surface area contributed by atoms with E-state index < -0.39 is 0 Å². The molecule has 1 fully saturated rings. The van der Waals surface area contributed by atoms with Crippen LogP contribution in [0.4, 0.5) is 0 Å². The molecule has 0 spiro atoms. The van der Waals surface area contributed by atoms with E-state index in [-0.39, 0.29) is 36.1 Å². The predicted molar refractivity (Wildman–Crippen MR) is 95.9 cm³/mol. The van der Waals surface area contributed by atoms with Crippen molar-refractivity contribution in [3.05, 3.63) is 35.4 Å². The fourth-order valence-electron chi connectivity index (χ4n) is 2.82. The molecule has 6 heteroatoms. The maximum absolute atomic E-state index is 12.3. The summed E-state index contributed by atoms with van der Waals surface area (Å²) in [5.41, 5.74) is 1.45. The average Bonchev–Trinajstić information content (AvgIpc) is 3.00. The van der Waals surface area contributed by atoms with Gasteiger partial charge in [-0.2, -0.15) is 0 Å². The van der Waals surface area contributed by atoms with Crippen LogP contribution in [-0.4, -0.2) is 41.8 Å². The van der Waals surface area contributed by atoms with Crippen LogP contribution in [0.15, 0.2) is 24.3 Å². The van der Waals surface area contributed by atoms with Crippen LogP contribution in [-0.2, 0) is 16.1 Å². The first-order chi connectivity index (χ1) is 11.9. The number of nitrogens with one attached hydrogen (secondary N) is 2. The standard InChI is InChI=1S/C19H27N3O3/c1-4-13(3)21-19(25)15-8-6-7-14(9-15)11-20-18(24)16-10-17(23)22(5-2)12-16/h6-9,13,16H,4-5,10-12H2,1-3H3,(H,20,24)(H,21,25)/t13-,16+/m1/s1. The molecule has 2 N–H and O–H groups in total. The lowest BCUT2D eigenvalue weighted by molar-refractivity contribution is -0.128. The lowest BCUT2D eigenvalue weighted by Gasteiger charge is -2.14. The highest BCUT2D eigenvalue weighted by Crippen LogP contribution is 2.17. The Morgan fingerprint density at radius 3 is 2.72 bits per heavy atom. The van der Waals surface area contributed by atoms with E-state index in [1.807, 2.05) is 32.9 Å². The second-order valence-electron chi connectivity index (χ2n) is 6.53. The van der Waals surface area contributed by atoms with Gasteiger partial charge in [0.25, 0.3) is 5.91 Å². The van der Waals surface area contributed by atoms with Crippen molar-refractivity contribution in [1.82, 2.24) is 15.5 Å². The fraction of sp³-hybridized carbons (Fsp3) is 0.526. The SMILES string of the molecule is CC[C@@H](C)NC(=O)c1cccc(CNC(=O)[C@H]2CC(=O)N(CC)C2)c1. The maximum Gasteiger partial charge on any atom is 0.251 e. The molecule has 1 aromatic carbocycles. The second-order valence-corrected chi connectivity index (χ2v) is 6.53. The minimum atomic E-state index is -0.288. The largest absolute Gasteiger partial charge is 0.352 e. The molecule has 0 bridgehead atoms. The minimum absolute atomic E-state index is 0.0337. The Kier molecular flexibility index (Phi) is 6.56. The van der Waals surface area contributed by atoms with Crippen LogP contribution in [0.3, 0.4) is 0 Å². The summed E-state index contributed by atoms with van der Waals surface area (Å²) in [7, 11) is 0. The Labute approximate surface area is 149 Å². The van der Waals surface area contributed by atoms with Crippen LogP contribution in [0.25, 0.3) is 0 Å².